The average Bonchev–Trinajstić information content (AvgIpc) is 3.03. The molecule has 3 aromatic rings. The molecule has 25 heavy (non-hydrogen) atoms. The Balaban J connectivity index is 1.69. The average molecular weight is 355 g/mol. The number of hydrogen-bond donors (Lipinski definition) is 1. The number of carbonyl (C=O) groups is 1. The van der Waals surface area contributed by atoms with E-state index in [0.717, 1.165) is 22.0 Å². The van der Waals surface area contributed by atoms with E-state index in [1.807, 2.05) is 24.6 Å². The van der Waals surface area contributed by atoms with Gasteiger partial charge in [-0.1, -0.05) is 30.0 Å². The summed E-state index contributed by atoms with van der Waals surface area (Å²) < 4.78 is 15.1. The lowest BCUT2D eigenvalue weighted by Gasteiger charge is -2.11. The molecule has 4 nitrogen and oxygen atoms in total. The van der Waals surface area contributed by atoms with Gasteiger partial charge in [0, 0.05) is 18.1 Å². The molecule has 1 amide bonds. The van der Waals surface area contributed by atoms with Gasteiger partial charge >= 0.3 is 0 Å². The van der Waals surface area contributed by atoms with Crippen LogP contribution in [0.3, 0.4) is 0 Å². The number of aromatic nitrogens is 2. The van der Waals surface area contributed by atoms with E-state index in [-0.39, 0.29) is 17.5 Å². The van der Waals surface area contributed by atoms with Gasteiger partial charge < -0.3 is 5.32 Å². The Labute approximate surface area is 150 Å². The molecule has 0 aliphatic carbocycles. The van der Waals surface area contributed by atoms with E-state index in [9.17, 15) is 9.18 Å². The highest BCUT2D eigenvalue weighted by Gasteiger charge is 2.11. The minimum atomic E-state index is -0.379. The van der Waals surface area contributed by atoms with Crippen LogP contribution in [0.25, 0.3) is 5.69 Å². The lowest BCUT2D eigenvalue weighted by atomic mass is 10.1. The summed E-state index contributed by atoms with van der Waals surface area (Å²) in [6.07, 6.45) is 3.60. The van der Waals surface area contributed by atoms with Crippen molar-refractivity contribution in [3.05, 3.63) is 71.8 Å². The summed E-state index contributed by atoms with van der Waals surface area (Å²) in [7, 11) is 0. The molecule has 0 radical (unpaired) electrons. The summed E-state index contributed by atoms with van der Waals surface area (Å²) in [6.45, 7) is 4.08. The van der Waals surface area contributed by atoms with Crippen LogP contribution in [0.1, 0.15) is 11.1 Å². The first-order chi connectivity index (χ1) is 12.0. The summed E-state index contributed by atoms with van der Waals surface area (Å²) in [5.74, 6) is -0.389. The van der Waals surface area contributed by atoms with Gasteiger partial charge in [0.25, 0.3) is 0 Å². The van der Waals surface area contributed by atoms with Gasteiger partial charge in [0.1, 0.15) is 5.82 Å². The van der Waals surface area contributed by atoms with E-state index >= 15 is 0 Å². The second kappa shape index (κ2) is 7.53. The van der Waals surface area contributed by atoms with Gasteiger partial charge in [0.05, 0.1) is 11.4 Å². The first-order valence-corrected chi connectivity index (χ1v) is 8.81. The number of imidazole rings is 1. The molecular formula is C19H18FN3OS. The normalized spacial score (nSPS) is 10.7. The van der Waals surface area contributed by atoms with E-state index in [2.05, 4.69) is 28.5 Å². The summed E-state index contributed by atoms with van der Waals surface area (Å²) >= 11 is 1.34. The molecule has 0 fully saturated rings. The van der Waals surface area contributed by atoms with Gasteiger partial charge in [-0.15, -0.1) is 0 Å². The number of nitrogens with zero attached hydrogens (tertiary/aromatic N) is 2. The fourth-order valence-corrected chi connectivity index (χ4v) is 3.22. The molecule has 1 N–H and O–H groups in total. The molecule has 2 aromatic carbocycles. The molecular weight excluding hydrogens is 337 g/mol. The smallest absolute Gasteiger partial charge is 0.234 e. The Morgan fingerprint density at radius 2 is 2.08 bits per heavy atom. The number of carbonyl (C=O) groups excluding carboxylic acids is 1. The van der Waals surface area contributed by atoms with Crippen LogP contribution in [0.5, 0.6) is 0 Å². The Morgan fingerprint density at radius 1 is 1.24 bits per heavy atom. The number of nitrogens with one attached hydrogen (secondary N) is 1. The molecule has 0 atom stereocenters. The van der Waals surface area contributed by atoms with Gasteiger partial charge in [-0.2, -0.15) is 0 Å². The van der Waals surface area contributed by atoms with Gasteiger partial charge in [-0.3, -0.25) is 9.36 Å². The molecule has 128 valence electrons. The van der Waals surface area contributed by atoms with Crippen molar-refractivity contribution in [2.24, 2.45) is 0 Å². The fourth-order valence-electron chi connectivity index (χ4n) is 2.45. The number of thioether (sulfide) groups is 1. The van der Waals surface area contributed by atoms with Crippen LogP contribution in [0.4, 0.5) is 10.1 Å². The van der Waals surface area contributed by atoms with E-state index in [1.54, 1.807) is 18.3 Å². The Bertz CT molecular complexity index is 907. The molecule has 0 saturated carbocycles. The second-order valence-electron chi connectivity index (χ2n) is 5.72. The maximum absolute atomic E-state index is 13.2. The fraction of sp³-hybridized carbons (Fsp3) is 0.158. The minimum absolute atomic E-state index is 0.193. The molecule has 0 unspecified atom stereocenters. The van der Waals surface area contributed by atoms with Crippen LogP contribution in [0.15, 0.2) is 60.0 Å². The van der Waals surface area contributed by atoms with Crippen LogP contribution in [-0.2, 0) is 4.79 Å². The lowest BCUT2D eigenvalue weighted by Crippen LogP contribution is -2.14. The van der Waals surface area contributed by atoms with Gasteiger partial charge in [-0.05, 0) is 49.2 Å². The van der Waals surface area contributed by atoms with E-state index < -0.39 is 0 Å². The largest absolute Gasteiger partial charge is 0.325 e. The monoisotopic (exact) mass is 355 g/mol. The highest BCUT2D eigenvalue weighted by molar-refractivity contribution is 7.99. The third-order valence-electron chi connectivity index (χ3n) is 3.67. The first-order valence-electron chi connectivity index (χ1n) is 7.82. The van der Waals surface area contributed by atoms with Crippen molar-refractivity contribution in [3.8, 4) is 5.69 Å². The van der Waals surface area contributed by atoms with Gasteiger partial charge in [0.2, 0.25) is 5.91 Å². The molecule has 0 spiro atoms. The Hall–Kier alpha value is -2.60. The van der Waals surface area contributed by atoms with Crippen LogP contribution >= 0.6 is 11.8 Å². The molecule has 1 heterocycles. The molecule has 0 aliphatic rings. The van der Waals surface area contributed by atoms with Gasteiger partial charge in [0.15, 0.2) is 5.16 Å². The van der Waals surface area contributed by atoms with Crippen molar-refractivity contribution in [2.75, 3.05) is 11.1 Å². The molecule has 0 aliphatic heterocycles. The molecule has 1 aromatic heterocycles. The highest BCUT2D eigenvalue weighted by Crippen LogP contribution is 2.23. The van der Waals surface area contributed by atoms with Crippen molar-refractivity contribution in [3.63, 3.8) is 0 Å². The summed E-state index contributed by atoms with van der Waals surface area (Å²) in [4.78, 5) is 16.4. The van der Waals surface area contributed by atoms with Crippen LogP contribution < -0.4 is 5.32 Å². The number of rotatable bonds is 5. The van der Waals surface area contributed by atoms with E-state index in [1.165, 1.54) is 23.9 Å². The zero-order valence-electron chi connectivity index (χ0n) is 14.0. The number of amides is 1. The molecule has 0 saturated heterocycles. The standard InChI is InChI=1S/C19H18FN3OS/c1-13-6-7-14(2)17(10-13)23-9-8-21-19(23)25-12-18(24)22-16-5-3-4-15(20)11-16/h3-11H,12H2,1-2H3,(H,22,24). The van der Waals surface area contributed by atoms with Crippen LogP contribution in [-0.4, -0.2) is 21.2 Å². The van der Waals surface area contributed by atoms with Crippen molar-refractivity contribution >= 4 is 23.4 Å². The number of benzene rings is 2. The summed E-state index contributed by atoms with van der Waals surface area (Å²) in [5, 5.41) is 3.43. The van der Waals surface area contributed by atoms with E-state index in [4.69, 9.17) is 0 Å². The second-order valence-corrected chi connectivity index (χ2v) is 6.66. The Morgan fingerprint density at radius 3 is 2.88 bits per heavy atom. The summed E-state index contributed by atoms with van der Waals surface area (Å²) in [6, 6.07) is 12.1. The number of anilines is 1. The number of aryl methyl sites for hydroxylation is 2. The zero-order valence-corrected chi connectivity index (χ0v) is 14.8. The van der Waals surface area contributed by atoms with Crippen molar-refractivity contribution in [2.45, 2.75) is 19.0 Å². The minimum Gasteiger partial charge on any atom is -0.325 e. The maximum Gasteiger partial charge on any atom is 0.234 e. The third-order valence-corrected chi connectivity index (χ3v) is 4.64. The van der Waals surface area contributed by atoms with Crippen molar-refractivity contribution < 1.29 is 9.18 Å². The number of halogens is 1. The quantitative estimate of drug-likeness (QED) is 0.692. The molecule has 6 heteroatoms. The van der Waals surface area contributed by atoms with Crippen molar-refractivity contribution in [1.82, 2.24) is 9.55 Å². The SMILES string of the molecule is Cc1ccc(C)c(-n2ccnc2SCC(=O)Nc2cccc(F)c2)c1. The summed E-state index contributed by atoms with van der Waals surface area (Å²) in [5.41, 5.74) is 3.79. The topological polar surface area (TPSA) is 46.9 Å². The van der Waals surface area contributed by atoms with E-state index in [0.29, 0.717) is 5.69 Å². The predicted molar refractivity (Wildman–Crippen MR) is 98.8 cm³/mol. The maximum atomic E-state index is 13.2. The van der Waals surface area contributed by atoms with Gasteiger partial charge in [-0.25, -0.2) is 9.37 Å². The number of hydrogen-bond acceptors (Lipinski definition) is 3. The molecule has 0 bridgehead atoms. The Kier molecular flexibility index (Phi) is 5.19. The first kappa shape index (κ1) is 17.2. The van der Waals surface area contributed by atoms with Crippen molar-refractivity contribution in [1.29, 1.82) is 0 Å². The highest BCUT2D eigenvalue weighted by atomic mass is 32.2. The van der Waals surface area contributed by atoms with Crippen LogP contribution in [0, 0.1) is 19.7 Å². The third kappa shape index (κ3) is 4.28. The molecule has 3 rings (SSSR count). The predicted octanol–water partition coefficient (Wildman–Crippen LogP) is 4.36. The van der Waals surface area contributed by atoms with Crippen LogP contribution in [0.2, 0.25) is 0 Å². The lowest BCUT2D eigenvalue weighted by molar-refractivity contribution is -0.113. The zero-order chi connectivity index (χ0) is 17.8.